The van der Waals surface area contributed by atoms with Gasteiger partial charge in [-0.25, -0.2) is 9.88 Å². The maximum absolute atomic E-state index is 13.1. The zero-order valence-electron chi connectivity index (χ0n) is 18.4. The van der Waals surface area contributed by atoms with Crippen molar-refractivity contribution in [1.29, 1.82) is 10.5 Å². The zero-order valence-corrected chi connectivity index (χ0v) is 19.2. The largest absolute Gasteiger partial charge is 0.497 e. The number of imide groups is 1. The molecule has 1 saturated heterocycles. The van der Waals surface area contributed by atoms with Crippen LogP contribution in [0.25, 0.3) is 11.1 Å². The molecule has 168 valence electrons. The number of nitrogens with two attached hydrogens (primary N) is 1. The van der Waals surface area contributed by atoms with Crippen molar-refractivity contribution in [3.8, 4) is 29.0 Å². The van der Waals surface area contributed by atoms with Crippen molar-refractivity contribution in [3.63, 3.8) is 0 Å². The molecule has 1 aromatic heterocycles. The molecule has 1 atom stereocenters. The summed E-state index contributed by atoms with van der Waals surface area (Å²) in [6, 6.07) is 18.1. The number of carbonyl (C=O) groups is 2. The fraction of sp³-hybridized carbons (Fsp3) is 0.160. The highest BCUT2D eigenvalue weighted by Gasteiger charge is 2.41. The van der Waals surface area contributed by atoms with Crippen LogP contribution in [0.15, 0.2) is 53.6 Å². The average Bonchev–Trinajstić information content (AvgIpc) is 3.11. The van der Waals surface area contributed by atoms with Gasteiger partial charge in [0, 0.05) is 12.0 Å². The molecule has 0 saturated carbocycles. The number of benzene rings is 2. The smallest absolute Gasteiger partial charge is 0.247 e. The average molecular weight is 470 g/mol. The Morgan fingerprint density at radius 3 is 2.29 bits per heavy atom. The number of methoxy groups -OCH3 is 1. The Hall–Kier alpha value is -4.34. The minimum Gasteiger partial charge on any atom is -0.497 e. The number of hydrogen-bond acceptors (Lipinski definition) is 8. The molecular formula is C25H19N5O3S. The Labute approximate surface area is 200 Å². The molecule has 3 aromatic rings. The number of aromatic nitrogens is 1. The lowest BCUT2D eigenvalue weighted by Crippen LogP contribution is -2.31. The molecule has 0 bridgehead atoms. The molecule has 1 aliphatic rings. The van der Waals surface area contributed by atoms with Gasteiger partial charge in [0.25, 0.3) is 0 Å². The van der Waals surface area contributed by atoms with E-state index in [2.05, 4.69) is 11.1 Å². The zero-order chi connectivity index (χ0) is 24.4. The number of pyridine rings is 1. The fourth-order valence-corrected chi connectivity index (χ4v) is 4.84. The first-order chi connectivity index (χ1) is 16.4. The van der Waals surface area contributed by atoms with Crippen LogP contribution in [0.2, 0.25) is 0 Å². The van der Waals surface area contributed by atoms with E-state index in [4.69, 9.17) is 10.5 Å². The van der Waals surface area contributed by atoms with Crippen LogP contribution in [0.3, 0.4) is 0 Å². The van der Waals surface area contributed by atoms with E-state index in [1.807, 2.05) is 25.1 Å². The number of thioether (sulfide) groups is 1. The van der Waals surface area contributed by atoms with Crippen molar-refractivity contribution in [3.05, 3.63) is 65.2 Å². The lowest BCUT2D eigenvalue weighted by atomic mass is 9.96. The number of nitriles is 2. The minimum atomic E-state index is -0.785. The van der Waals surface area contributed by atoms with Crippen LogP contribution in [0.5, 0.6) is 5.75 Å². The summed E-state index contributed by atoms with van der Waals surface area (Å²) in [5.74, 6) is -0.200. The molecule has 2 N–H and O–H groups in total. The third-order valence-electron chi connectivity index (χ3n) is 5.45. The molecule has 2 heterocycles. The van der Waals surface area contributed by atoms with E-state index in [0.29, 0.717) is 22.6 Å². The van der Waals surface area contributed by atoms with Gasteiger partial charge in [-0.15, -0.1) is 0 Å². The Kier molecular flexibility index (Phi) is 6.22. The molecule has 0 radical (unpaired) electrons. The van der Waals surface area contributed by atoms with Crippen LogP contribution in [-0.4, -0.2) is 29.2 Å². The van der Waals surface area contributed by atoms with E-state index >= 15 is 0 Å². The molecule has 34 heavy (non-hydrogen) atoms. The summed E-state index contributed by atoms with van der Waals surface area (Å²) in [6.07, 6.45) is -0.0537. The summed E-state index contributed by atoms with van der Waals surface area (Å²) in [4.78, 5) is 31.2. The Balaban J connectivity index is 1.72. The number of nitrogens with zero attached hydrogens (tertiary/aromatic N) is 4. The number of amides is 2. The first-order valence-corrected chi connectivity index (χ1v) is 11.1. The molecule has 0 spiro atoms. The molecule has 1 aliphatic heterocycles. The first-order valence-electron chi connectivity index (χ1n) is 10.3. The topological polar surface area (TPSA) is 133 Å². The van der Waals surface area contributed by atoms with Gasteiger partial charge < -0.3 is 10.5 Å². The van der Waals surface area contributed by atoms with Crippen LogP contribution in [-0.2, 0) is 9.59 Å². The van der Waals surface area contributed by atoms with Crippen LogP contribution in [0.1, 0.15) is 23.1 Å². The summed E-state index contributed by atoms with van der Waals surface area (Å²) >= 11 is 1.01. The normalized spacial score (nSPS) is 15.2. The predicted octanol–water partition coefficient (Wildman–Crippen LogP) is 3.82. The second-order valence-electron chi connectivity index (χ2n) is 7.59. The fourth-order valence-electron chi connectivity index (χ4n) is 3.73. The third-order valence-corrected chi connectivity index (χ3v) is 6.62. The second-order valence-corrected chi connectivity index (χ2v) is 8.78. The lowest BCUT2D eigenvalue weighted by molar-refractivity contribution is -0.121. The molecule has 2 aromatic carbocycles. The van der Waals surface area contributed by atoms with Gasteiger partial charge in [0.05, 0.1) is 23.6 Å². The van der Waals surface area contributed by atoms with Gasteiger partial charge in [0.1, 0.15) is 34.3 Å². The van der Waals surface area contributed by atoms with Crippen molar-refractivity contribution in [2.45, 2.75) is 23.6 Å². The highest BCUT2D eigenvalue weighted by atomic mass is 32.2. The predicted molar refractivity (Wildman–Crippen MR) is 128 cm³/mol. The van der Waals surface area contributed by atoms with Gasteiger partial charge in [-0.3, -0.25) is 9.59 Å². The molecule has 9 heteroatoms. The number of ether oxygens (including phenoxy) is 1. The third kappa shape index (κ3) is 4.05. The number of nitrogen functional groups attached to an aromatic ring is 1. The van der Waals surface area contributed by atoms with Gasteiger partial charge in [-0.2, -0.15) is 10.5 Å². The van der Waals surface area contributed by atoms with Crippen LogP contribution in [0.4, 0.5) is 11.5 Å². The highest BCUT2D eigenvalue weighted by molar-refractivity contribution is 8.00. The Morgan fingerprint density at radius 2 is 1.71 bits per heavy atom. The van der Waals surface area contributed by atoms with Gasteiger partial charge >= 0.3 is 0 Å². The molecule has 1 unspecified atom stereocenters. The van der Waals surface area contributed by atoms with Crippen LogP contribution < -0.4 is 15.4 Å². The van der Waals surface area contributed by atoms with Crippen LogP contribution in [0, 0.1) is 29.6 Å². The minimum absolute atomic E-state index is 0.0386. The first kappa shape index (κ1) is 22.8. The SMILES string of the molecule is COc1ccc(N2C(=O)CC(Sc3nc(N)c(C#N)c(-c4ccc(C)cc4)c3C#N)C2=O)cc1. The standard InChI is InChI=1S/C25H19N5O3S/c1-14-3-5-15(6-4-14)22-18(12-26)23(28)29-24(19(22)13-27)34-20-11-21(31)30(25(20)32)16-7-9-17(33-2)10-8-16/h3-10,20H,11H2,1-2H3,(H2,28,29). The number of hydrogen-bond donors (Lipinski definition) is 1. The number of rotatable bonds is 5. The van der Waals surface area contributed by atoms with E-state index in [1.165, 1.54) is 7.11 Å². The second kappa shape index (κ2) is 9.26. The summed E-state index contributed by atoms with van der Waals surface area (Å²) in [5, 5.41) is 19.1. The molecule has 4 rings (SSSR count). The summed E-state index contributed by atoms with van der Waals surface area (Å²) in [6.45, 7) is 1.93. The van der Waals surface area contributed by atoms with Crippen molar-refractivity contribution in [2.24, 2.45) is 0 Å². The maximum atomic E-state index is 13.1. The summed E-state index contributed by atoms with van der Waals surface area (Å²) in [5.41, 5.74) is 8.78. The molecule has 1 fully saturated rings. The van der Waals surface area contributed by atoms with Crippen molar-refractivity contribution < 1.29 is 14.3 Å². The van der Waals surface area contributed by atoms with Gasteiger partial charge in [0.15, 0.2) is 0 Å². The number of aryl methyl sites for hydroxylation is 1. The van der Waals surface area contributed by atoms with Crippen LogP contribution >= 0.6 is 11.8 Å². The number of anilines is 2. The molecule has 2 amide bonds. The van der Waals surface area contributed by atoms with Gasteiger partial charge in [-0.05, 0) is 36.8 Å². The van der Waals surface area contributed by atoms with E-state index in [0.717, 1.165) is 22.2 Å². The van der Waals surface area contributed by atoms with Gasteiger partial charge in [-0.1, -0.05) is 41.6 Å². The molecule has 0 aliphatic carbocycles. The maximum Gasteiger partial charge on any atom is 0.247 e. The van der Waals surface area contributed by atoms with E-state index < -0.39 is 11.2 Å². The van der Waals surface area contributed by atoms with E-state index in [-0.39, 0.29) is 34.3 Å². The Morgan fingerprint density at radius 1 is 1.06 bits per heavy atom. The van der Waals surface area contributed by atoms with E-state index in [9.17, 15) is 20.1 Å². The van der Waals surface area contributed by atoms with E-state index in [1.54, 1.807) is 36.4 Å². The summed E-state index contributed by atoms with van der Waals surface area (Å²) in [7, 11) is 1.53. The van der Waals surface area contributed by atoms with Crippen molar-refractivity contribution in [2.75, 3.05) is 17.7 Å². The molecule has 8 nitrogen and oxygen atoms in total. The lowest BCUT2D eigenvalue weighted by Gasteiger charge is -2.16. The Bertz CT molecular complexity index is 1370. The van der Waals surface area contributed by atoms with Crippen molar-refractivity contribution >= 4 is 35.1 Å². The molecular weight excluding hydrogens is 450 g/mol. The number of carbonyl (C=O) groups excluding carboxylic acids is 2. The monoisotopic (exact) mass is 469 g/mol. The van der Waals surface area contributed by atoms with Gasteiger partial charge in [0.2, 0.25) is 11.8 Å². The summed E-state index contributed by atoms with van der Waals surface area (Å²) < 4.78 is 5.13. The highest BCUT2D eigenvalue weighted by Crippen LogP contribution is 2.40. The van der Waals surface area contributed by atoms with Crippen molar-refractivity contribution in [1.82, 2.24) is 4.98 Å². The quantitative estimate of drug-likeness (QED) is 0.558.